The van der Waals surface area contributed by atoms with Crippen molar-refractivity contribution in [2.75, 3.05) is 0 Å². The van der Waals surface area contributed by atoms with Gasteiger partial charge in [0.25, 0.3) is 0 Å². The average Bonchev–Trinajstić information content (AvgIpc) is 2.76. The second-order valence-corrected chi connectivity index (χ2v) is 5.05. The van der Waals surface area contributed by atoms with Crippen molar-refractivity contribution in [3.8, 4) is 0 Å². The largest absolute Gasteiger partial charge is 0.353 e. The molecule has 1 aromatic heterocycles. The van der Waals surface area contributed by atoms with Crippen LogP contribution in [0.3, 0.4) is 0 Å². The van der Waals surface area contributed by atoms with E-state index in [0.29, 0.717) is 10.0 Å². The Kier molecular flexibility index (Phi) is 2.43. The number of imidazole rings is 1. The summed E-state index contributed by atoms with van der Waals surface area (Å²) < 4.78 is 5.73. The van der Waals surface area contributed by atoms with E-state index in [9.17, 15) is 0 Å². The molecule has 0 amide bonds. The van der Waals surface area contributed by atoms with E-state index in [1.54, 1.807) is 18.5 Å². The van der Waals surface area contributed by atoms with Crippen molar-refractivity contribution in [2.45, 2.75) is 18.6 Å². The first-order valence-corrected chi connectivity index (χ1v) is 5.99. The minimum atomic E-state index is -0.417. The van der Waals surface area contributed by atoms with Gasteiger partial charge in [-0.05, 0) is 19.1 Å². The molecule has 0 aliphatic carbocycles. The molecule has 0 spiro atoms. The summed E-state index contributed by atoms with van der Waals surface area (Å²) in [7, 11) is 0. The van der Waals surface area contributed by atoms with Crippen molar-refractivity contribution in [1.82, 2.24) is 9.97 Å². The summed E-state index contributed by atoms with van der Waals surface area (Å²) in [5, 5.41) is 1.24. The molecule has 2 aromatic rings. The molecule has 3 nitrogen and oxygen atoms in total. The lowest BCUT2D eigenvalue weighted by Gasteiger charge is -2.09. The van der Waals surface area contributed by atoms with Crippen molar-refractivity contribution >= 4 is 23.2 Å². The summed E-state index contributed by atoms with van der Waals surface area (Å²) in [6.07, 6.45) is 3.41. The summed E-state index contributed by atoms with van der Waals surface area (Å²) in [6, 6.07) is 5.44. The number of ether oxygens (including phenoxy) is 1. The van der Waals surface area contributed by atoms with Gasteiger partial charge in [0, 0.05) is 28.0 Å². The molecule has 88 valence electrons. The van der Waals surface area contributed by atoms with Crippen molar-refractivity contribution in [3.63, 3.8) is 0 Å². The summed E-state index contributed by atoms with van der Waals surface area (Å²) in [5.41, 5.74) is 0.518. The van der Waals surface area contributed by atoms with E-state index in [0.717, 1.165) is 11.4 Å². The number of aromatic nitrogens is 2. The van der Waals surface area contributed by atoms with Crippen LogP contribution in [0.25, 0.3) is 0 Å². The molecule has 5 heteroatoms. The van der Waals surface area contributed by atoms with Crippen LogP contribution in [0.4, 0.5) is 0 Å². The van der Waals surface area contributed by atoms with Gasteiger partial charge in [-0.1, -0.05) is 29.3 Å². The van der Waals surface area contributed by atoms with Gasteiger partial charge in [-0.3, -0.25) is 0 Å². The number of benzene rings is 1. The van der Waals surface area contributed by atoms with Crippen LogP contribution < -0.4 is 0 Å². The van der Waals surface area contributed by atoms with Gasteiger partial charge < -0.3 is 9.72 Å². The molecule has 1 fully saturated rings. The standard InChI is InChI=1S/C12H10Cl2N2O/c1-12(8-3-2-7(13)6-9(8)14)10(17-12)11-15-4-5-16-11/h2-6,10H,1H3,(H,15,16). The number of hydrogen-bond donors (Lipinski definition) is 1. The average molecular weight is 269 g/mol. The normalized spacial score (nSPS) is 27.1. The predicted molar refractivity (Wildman–Crippen MR) is 66.2 cm³/mol. The molecule has 17 heavy (non-hydrogen) atoms. The molecule has 1 aliphatic rings. The fraction of sp³-hybridized carbons (Fsp3) is 0.250. The molecular formula is C12H10Cl2N2O. The number of H-pyrrole nitrogens is 1. The van der Waals surface area contributed by atoms with Crippen LogP contribution in [0.1, 0.15) is 24.4 Å². The SMILES string of the molecule is CC1(c2ccc(Cl)cc2Cl)OC1c1ncc[nH]1. The first-order valence-electron chi connectivity index (χ1n) is 5.24. The predicted octanol–water partition coefficient (Wildman–Crippen LogP) is 3.70. The Balaban J connectivity index is 1.96. The molecule has 1 saturated heterocycles. The maximum Gasteiger partial charge on any atom is 0.149 e. The van der Waals surface area contributed by atoms with E-state index in [-0.39, 0.29) is 6.10 Å². The highest BCUT2D eigenvalue weighted by Crippen LogP contribution is 2.57. The maximum absolute atomic E-state index is 6.19. The molecule has 1 N–H and O–H groups in total. The maximum atomic E-state index is 6.19. The Bertz CT molecular complexity index is 556. The zero-order chi connectivity index (χ0) is 12.0. The van der Waals surface area contributed by atoms with Crippen molar-refractivity contribution < 1.29 is 4.74 Å². The lowest BCUT2D eigenvalue weighted by molar-refractivity contribution is 0.311. The lowest BCUT2D eigenvalue weighted by atomic mass is 9.97. The fourth-order valence-corrected chi connectivity index (χ4v) is 2.64. The highest BCUT2D eigenvalue weighted by atomic mass is 35.5. The summed E-state index contributed by atoms with van der Waals surface area (Å²) >= 11 is 12.1. The fourth-order valence-electron chi connectivity index (χ4n) is 2.05. The summed E-state index contributed by atoms with van der Waals surface area (Å²) in [5.74, 6) is 0.818. The Labute approximate surface area is 109 Å². The lowest BCUT2D eigenvalue weighted by Crippen LogP contribution is -2.05. The van der Waals surface area contributed by atoms with Crippen LogP contribution in [0, 0.1) is 0 Å². The van der Waals surface area contributed by atoms with E-state index >= 15 is 0 Å². The highest BCUT2D eigenvalue weighted by Gasteiger charge is 2.57. The second kappa shape index (κ2) is 3.73. The van der Waals surface area contributed by atoms with Crippen LogP contribution >= 0.6 is 23.2 Å². The van der Waals surface area contributed by atoms with Crippen LogP contribution in [0.2, 0.25) is 10.0 Å². The van der Waals surface area contributed by atoms with E-state index < -0.39 is 5.60 Å². The number of aromatic amines is 1. The van der Waals surface area contributed by atoms with E-state index in [2.05, 4.69) is 9.97 Å². The zero-order valence-electron chi connectivity index (χ0n) is 9.08. The number of hydrogen-bond acceptors (Lipinski definition) is 2. The van der Waals surface area contributed by atoms with Crippen LogP contribution in [-0.4, -0.2) is 9.97 Å². The monoisotopic (exact) mass is 268 g/mol. The second-order valence-electron chi connectivity index (χ2n) is 4.20. The van der Waals surface area contributed by atoms with Crippen LogP contribution in [-0.2, 0) is 10.3 Å². The number of epoxide rings is 1. The third-order valence-corrected chi connectivity index (χ3v) is 3.59. The highest BCUT2D eigenvalue weighted by molar-refractivity contribution is 6.35. The molecule has 2 heterocycles. The molecule has 2 unspecified atom stereocenters. The van der Waals surface area contributed by atoms with Crippen LogP contribution in [0.15, 0.2) is 30.6 Å². The molecule has 3 rings (SSSR count). The Morgan fingerprint density at radius 1 is 1.41 bits per heavy atom. The van der Waals surface area contributed by atoms with Gasteiger partial charge >= 0.3 is 0 Å². The van der Waals surface area contributed by atoms with Gasteiger partial charge in [-0.25, -0.2) is 4.98 Å². The van der Waals surface area contributed by atoms with Crippen molar-refractivity contribution in [2.24, 2.45) is 0 Å². The van der Waals surface area contributed by atoms with Gasteiger partial charge in [0.15, 0.2) is 0 Å². The Morgan fingerprint density at radius 2 is 2.24 bits per heavy atom. The minimum Gasteiger partial charge on any atom is -0.353 e. The third kappa shape index (κ3) is 1.75. The molecule has 0 radical (unpaired) electrons. The van der Waals surface area contributed by atoms with Gasteiger partial charge in [-0.2, -0.15) is 0 Å². The van der Waals surface area contributed by atoms with Crippen molar-refractivity contribution in [3.05, 3.63) is 52.0 Å². The number of halogens is 2. The molecule has 0 saturated carbocycles. The first-order chi connectivity index (χ1) is 8.11. The molecule has 1 aromatic carbocycles. The molecule has 0 bridgehead atoms. The van der Waals surface area contributed by atoms with E-state index in [4.69, 9.17) is 27.9 Å². The first kappa shape index (κ1) is 11.1. The number of nitrogens with zero attached hydrogens (tertiary/aromatic N) is 1. The Morgan fingerprint density at radius 3 is 2.88 bits per heavy atom. The van der Waals surface area contributed by atoms with E-state index in [1.165, 1.54) is 0 Å². The molecule has 1 aliphatic heterocycles. The Hall–Kier alpha value is -1.03. The minimum absolute atomic E-state index is 0.0730. The number of rotatable bonds is 2. The van der Waals surface area contributed by atoms with Crippen LogP contribution in [0.5, 0.6) is 0 Å². The van der Waals surface area contributed by atoms with Gasteiger partial charge in [0.05, 0.1) is 0 Å². The molecular weight excluding hydrogens is 259 g/mol. The van der Waals surface area contributed by atoms with Gasteiger partial charge in [-0.15, -0.1) is 0 Å². The zero-order valence-corrected chi connectivity index (χ0v) is 10.6. The van der Waals surface area contributed by atoms with E-state index in [1.807, 2.05) is 19.1 Å². The topological polar surface area (TPSA) is 41.2 Å². The quantitative estimate of drug-likeness (QED) is 0.844. The van der Waals surface area contributed by atoms with Gasteiger partial charge in [0.2, 0.25) is 0 Å². The van der Waals surface area contributed by atoms with Gasteiger partial charge in [0.1, 0.15) is 17.5 Å². The summed E-state index contributed by atoms with van der Waals surface area (Å²) in [6.45, 7) is 2.00. The molecule has 2 atom stereocenters. The number of nitrogens with one attached hydrogen (secondary N) is 1. The summed E-state index contributed by atoms with van der Waals surface area (Å²) in [4.78, 5) is 7.25. The third-order valence-electron chi connectivity index (χ3n) is 3.04. The van der Waals surface area contributed by atoms with Crippen molar-refractivity contribution in [1.29, 1.82) is 0 Å². The smallest absolute Gasteiger partial charge is 0.149 e.